The summed E-state index contributed by atoms with van der Waals surface area (Å²) in [6, 6.07) is 8.56. The van der Waals surface area contributed by atoms with Crippen LogP contribution in [0.5, 0.6) is 0 Å². The molecule has 1 heterocycles. The summed E-state index contributed by atoms with van der Waals surface area (Å²) in [7, 11) is 3.89. The predicted octanol–water partition coefficient (Wildman–Crippen LogP) is 3.36. The lowest BCUT2D eigenvalue weighted by atomic mass is 10.1. The van der Waals surface area contributed by atoms with Gasteiger partial charge in [-0.15, -0.1) is 6.58 Å². The van der Waals surface area contributed by atoms with Crippen LogP contribution >= 0.6 is 0 Å². The standard InChI is InChI=1S/C21H33N3O2/c1-4-5-6-12-24(3)21(22-2)23-16-18-8-7-9-19(15-18)17-26-20-10-13-25-14-11-20/h4,7-9,15,20H,1,5-6,10-14,16-17H2,2-3H3,(H,22,23). The van der Waals surface area contributed by atoms with E-state index >= 15 is 0 Å². The first-order chi connectivity index (χ1) is 12.7. The van der Waals surface area contributed by atoms with Crippen molar-refractivity contribution in [2.75, 3.05) is 33.9 Å². The summed E-state index contributed by atoms with van der Waals surface area (Å²) >= 11 is 0. The van der Waals surface area contributed by atoms with Gasteiger partial charge in [-0.2, -0.15) is 0 Å². The molecule has 144 valence electrons. The van der Waals surface area contributed by atoms with Crippen molar-refractivity contribution in [2.24, 2.45) is 4.99 Å². The van der Waals surface area contributed by atoms with Crippen molar-refractivity contribution < 1.29 is 9.47 Å². The van der Waals surface area contributed by atoms with Gasteiger partial charge in [0.25, 0.3) is 0 Å². The van der Waals surface area contributed by atoms with E-state index in [1.165, 1.54) is 11.1 Å². The van der Waals surface area contributed by atoms with E-state index in [-0.39, 0.29) is 0 Å². The summed E-state index contributed by atoms with van der Waals surface area (Å²) in [5, 5.41) is 3.44. The second-order valence-corrected chi connectivity index (χ2v) is 6.70. The van der Waals surface area contributed by atoms with Gasteiger partial charge in [0.2, 0.25) is 0 Å². The minimum Gasteiger partial charge on any atom is -0.381 e. The number of benzene rings is 1. The van der Waals surface area contributed by atoms with Crippen LogP contribution in [0.4, 0.5) is 0 Å². The Morgan fingerprint density at radius 1 is 1.38 bits per heavy atom. The SMILES string of the molecule is C=CCCCN(C)C(=NC)NCc1cccc(COC2CCOCC2)c1. The molecule has 0 spiro atoms. The molecule has 0 radical (unpaired) electrons. The van der Waals surface area contributed by atoms with E-state index in [1.54, 1.807) is 0 Å². The molecule has 5 nitrogen and oxygen atoms in total. The number of guanidine groups is 1. The zero-order valence-corrected chi connectivity index (χ0v) is 16.2. The van der Waals surface area contributed by atoms with Crippen molar-refractivity contribution in [1.82, 2.24) is 10.2 Å². The van der Waals surface area contributed by atoms with E-state index in [2.05, 4.69) is 53.1 Å². The summed E-state index contributed by atoms with van der Waals surface area (Å²) in [4.78, 5) is 6.53. The lowest BCUT2D eigenvalue weighted by Crippen LogP contribution is -2.38. The van der Waals surface area contributed by atoms with Gasteiger partial charge in [-0.3, -0.25) is 4.99 Å². The Bertz CT molecular complexity index is 568. The van der Waals surface area contributed by atoms with E-state index < -0.39 is 0 Å². The van der Waals surface area contributed by atoms with Crippen molar-refractivity contribution in [3.05, 3.63) is 48.0 Å². The maximum absolute atomic E-state index is 6.02. The summed E-state index contributed by atoms with van der Waals surface area (Å²) in [5.74, 6) is 0.915. The highest BCUT2D eigenvalue weighted by Gasteiger charge is 2.14. The van der Waals surface area contributed by atoms with Crippen LogP contribution < -0.4 is 5.32 Å². The lowest BCUT2D eigenvalue weighted by molar-refractivity contribution is -0.0390. The predicted molar refractivity (Wildman–Crippen MR) is 107 cm³/mol. The van der Waals surface area contributed by atoms with Gasteiger partial charge in [-0.05, 0) is 36.8 Å². The normalized spacial score (nSPS) is 15.7. The van der Waals surface area contributed by atoms with Crippen LogP contribution in [-0.2, 0) is 22.6 Å². The molecule has 1 N–H and O–H groups in total. The molecule has 1 fully saturated rings. The van der Waals surface area contributed by atoms with Gasteiger partial charge in [-0.25, -0.2) is 0 Å². The molecule has 0 unspecified atom stereocenters. The van der Waals surface area contributed by atoms with Gasteiger partial charge in [0.15, 0.2) is 5.96 Å². The zero-order valence-electron chi connectivity index (χ0n) is 16.2. The van der Waals surface area contributed by atoms with Crippen LogP contribution in [0.3, 0.4) is 0 Å². The van der Waals surface area contributed by atoms with Crippen molar-refractivity contribution in [3.8, 4) is 0 Å². The molecule has 0 amide bonds. The van der Waals surface area contributed by atoms with Gasteiger partial charge in [-0.1, -0.05) is 30.3 Å². The molecule has 1 aliphatic heterocycles. The fraction of sp³-hybridized carbons (Fsp3) is 0.571. The topological polar surface area (TPSA) is 46.1 Å². The molecule has 1 saturated heterocycles. The van der Waals surface area contributed by atoms with E-state index in [1.807, 2.05) is 13.1 Å². The van der Waals surface area contributed by atoms with Gasteiger partial charge in [0.1, 0.15) is 0 Å². The van der Waals surface area contributed by atoms with Gasteiger partial charge < -0.3 is 19.7 Å². The number of unbranched alkanes of at least 4 members (excludes halogenated alkanes) is 1. The molecule has 0 aromatic heterocycles. The summed E-state index contributed by atoms with van der Waals surface area (Å²) in [6.45, 7) is 7.78. The van der Waals surface area contributed by atoms with Crippen LogP contribution in [0.15, 0.2) is 41.9 Å². The molecule has 0 bridgehead atoms. The molecular formula is C21H33N3O2. The molecule has 1 aliphatic rings. The summed E-state index contributed by atoms with van der Waals surface area (Å²) in [5.41, 5.74) is 2.45. The summed E-state index contributed by atoms with van der Waals surface area (Å²) < 4.78 is 11.4. The van der Waals surface area contributed by atoms with Crippen LogP contribution in [0, 0.1) is 0 Å². The van der Waals surface area contributed by atoms with Crippen molar-refractivity contribution >= 4 is 5.96 Å². The smallest absolute Gasteiger partial charge is 0.193 e. The monoisotopic (exact) mass is 359 g/mol. The third-order valence-corrected chi connectivity index (χ3v) is 4.57. The maximum Gasteiger partial charge on any atom is 0.193 e. The first-order valence-electron chi connectivity index (χ1n) is 9.52. The largest absolute Gasteiger partial charge is 0.381 e. The van der Waals surface area contributed by atoms with E-state index in [0.29, 0.717) is 12.7 Å². The highest BCUT2D eigenvalue weighted by atomic mass is 16.5. The van der Waals surface area contributed by atoms with Gasteiger partial charge in [0.05, 0.1) is 12.7 Å². The minimum atomic E-state index is 0.327. The van der Waals surface area contributed by atoms with Crippen LogP contribution in [0.2, 0.25) is 0 Å². The molecule has 26 heavy (non-hydrogen) atoms. The summed E-state index contributed by atoms with van der Waals surface area (Å²) in [6.07, 6.45) is 6.38. The molecule has 0 aliphatic carbocycles. The molecule has 0 saturated carbocycles. The third kappa shape index (κ3) is 7.18. The number of ether oxygens (including phenoxy) is 2. The van der Waals surface area contributed by atoms with Gasteiger partial charge >= 0.3 is 0 Å². The van der Waals surface area contributed by atoms with Crippen LogP contribution in [-0.4, -0.2) is 50.8 Å². The fourth-order valence-corrected chi connectivity index (χ4v) is 3.03. The quantitative estimate of drug-likeness (QED) is 0.318. The van der Waals surface area contributed by atoms with E-state index in [0.717, 1.165) is 57.9 Å². The Kier molecular flexibility index (Phi) is 9.21. The highest BCUT2D eigenvalue weighted by molar-refractivity contribution is 5.79. The molecule has 0 atom stereocenters. The molecule has 1 aromatic carbocycles. The average Bonchev–Trinajstić information content (AvgIpc) is 2.68. The molecule has 1 aromatic rings. The first kappa shape index (κ1) is 20.5. The minimum absolute atomic E-state index is 0.327. The van der Waals surface area contributed by atoms with E-state index in [4.69, 9.17) is 9.47 Å². The zero-order chi connectivity index (χ0) is 18.6. The Morgan fingerprint density at radius 3 is 2.88 bits per heavy atom. The average molecular weight is 360 g/mol. The number of hydrogen-bond donors (Lipinski definition) is 1. The lowest BCUT2D eigenvalue weighted by Gasteiger charge is -2.23. The van der Waals surface area contributed by atoms with Gasteiger partial charge in [0, 0.05) is 40.4 Å². The van der Waals surface area contributed by atoms with Crippen molar-refractivity contribution in [1.29, 1.82) is 0 Å². The highest BCUT2D eigenvalue weighted by Crippen LogP contribution is 2.14. The maximum atomic E-state index is 6.02. The first-order valence-corrected chi connectivity index (χ1v) is 9.52. The number of rotatable bonds is 9. The number of aliphatic imine (C=N–C) groups is 1. The Balaban J connectivity index is 1.80. The number of hydrogen-bond acceptors (Lipinski definition) is 3. The molecule has 2 rings (SSSR count). The Hall–Kier alpha value is -1.85. The Morgan fingerprint density at radius 2 is 2.15 bits per heavy atom. The molecule has 5 heteroatoms. The van der Waals surface area contributed by atoms with Crippen molar-refractivity contribution in [2.45, 2.75) is 44.9 Å². The third-order valence-electron chi connectivity index (χ3n) is 4.57. The second kappa shape index (κ2) is 11.7. The Labute approximate surface area is 158 Å². The second-order valence-electron chi connectivity index (χ2n) is 6.70. The van der Waals surface area contributed by atoms with Crippen molar-refractivity contribution in [3.63, 3.8) is 0 Å². The van der Waals surface area contributed by atoms with Crippen LogP contribution in [0.25, 0.3) is 0 Å². The van der Waals surface area contributed by atoms with E-state index in [9.17, 15) is 0 Å². The van der Waals surface area contributed by atoms with Crippen LogP contribution in [0.1, 0.15) is 36.8 Å². The number of allylic oxidation sites excluding steroid dienone is 1. The number of nitrogens with zero attached hydrogens (tertiary/aromatic N) is 2. The fourth-order valence-electron chi connectivity index (χ4n) is 3.03. The number of nitrogens with one attached hydrogen (secondary N) is 1. The molecular weight excluding hydrogens is 326 g/mol.